The molecule has 0 radical (unpaired) electrons. The van der Waals surface area contributed by atoms with Crippen LogP contribution in [0.15, 0.2) is 36.4 Å². The molecule has 4 nitrogen and oxygen atoms in total. The number of aromatic amines is 1. The number of H-pyrrole nitrogens is 1. The number of rotatable bonds is 3. The molecule has 5 heteroatoms. The van der Waals surface area contributed by atoms with Crippen LogP contribution in [0.2, 0.25) is 5.02 Å². The van der Waals surface area contributed by atoms with Crippen LogP contribution in [-0.4, -0.2) is 18.0 Å². The first-order chi connectivity index (χ1) is 11.0. The zero-order chi connectivity index (χ0) is 16.6. The van der Waals surface area contributed by atoms with Crippen molar-refractivity contribution in [2.75, 3.05) is 12.4 Å². The Morgan fingerprint density at radius 1 is 1.17 bits per heavy atom. The third kappa shape index (κ3) is 3.03. The fraction of sp³-hybridized carbons (Fsp3) is 0.167. The van der Waals surface area contributed by atoms with Crippen LogP contribution in [0.1, 0.15) is 21.6 Å². The van der Waals surface area contributed by atoms with Gasteiger partial charge in [-0.2, -0.15) is 0 Å². The van der Waals surface area contributed by atoms with Gasteiger partial charge in [0.1, 0.15) is 11.4 Å². The van der Waals surface area contributed by atoms with Gasteiger partial charge >= 0.3 is 0 Å². The molecule has 1 amide bonds. The Hall–Kier alpha value is -2.46. The molecule has 0 fully saturated rings. The van der Waals surface area contributed by atoms with E-state index < -0.39 is 0 Å². The van der Waals surface area contributed by atoms with Gasteiger partial charge in [0.15, 0.2) is 0 Å². The largest absolute Gasteiger partial charge is 0.495 e. The first kappa shape index (κ1) is 15.4. The molecule has 0 aliphatic carbocycles. The number of halogens is 1. The van der Waals surface area contributed by atoms with E-state index in [9.17, 15) is 4.79 Å². The summed E-state index contributed by atoms with van der Waals surface area (Å²) in [5.74, 6) is 0.362. The van der Waals surface area contributed by atoms with Crippen molar-refractivity contribution < 1.29 is 9.53 Å². The van der Waals surface area contributed by atoms with Gasteiger partial charge in [-0.05, 0) is 55.3 Å². The summed E-state index contributed by atoms with van der Waals surface area (Å²) < 4.78 is 5.10. The average Bonchev–Trinajstić information content (AvgIpc) is 2.92. The molecular formula is C18H17ClN2O2. The second kappa shape index (κ2) is 5.97. The van der Waals surface area contributed by atoms with Gasteiger partial charge in [-0.15, -0.1) is 0 Å². The summed E-state index contributed by atoms with van der Waals surface area (Å²) >= 11 is 6.08. The van der Waals surface area contributed by atoms with Gasteiger partial charge in [0.2, 0.25) is 0 Å². The number of carbonyl (C=O) groups excluding carboxylic acids is 1. The van der Waals surface area contributed by atoms with Crippen molar-refractivity contribution in [3.05, 3.63) is 58.2 Å². The van der Waals surface area contributed by atoms with E-state index in [2.05, 4.69) is 16.4 Å². The van der Waals surface area contributed by atoms with Crippen molar-refractivity contribution in [2.24, 2.45) is 0 Å². The zero-order valence-electron chi connectivity index (χ0n) is 13.2. The second-order valence-corrected chi connectivity index (χ2v) is 5.94. The summed E-state index contributed by atoms with van der Waals surface area (Å²) in [5, 5.41) is 4.34. The number of hydrogen-bond donors (Lipinski definition) is 2. The van der Waals surface area contributed by atoms with Crippen molar-refractivity contribution in [3.8, 4) is 5.75 Å². The number of amides is 1. The normalized spacial score (nSPS) is 10.8. The Kier molecular flexibility index (Phi) is 4.01. The van der Waals surface area contributed by atoms with Crippen molar-refractivity contribution in [2.45, 2.75) is 13.8 Å². The average molecular weight is 329 g/mol. The highest BCUT2D eigenvalue weighted by atomic mass is 35.5. The van der Waals surface area contributed by atoms with E-state index >= 15 is 0 Å². The number of ether oxygens (including phenoxy) is 1. The number of nitrogens with one attached hydrogen (secondary N) is 2. The van der Waals surface area contributed by atoms with Gasteiger partial charge in [-0.3, -0.25) is 4.79 Å². The molecule has 118 valence electrons. The quantitative estimate of drug-likeness (QED) is 0.732. The summed E-state index contributed by atoms with van der Waals surface area (Å²) in [6.07, 6.45) is 0. The molecule has 1 heterocycles. The number of fused-ring (bicyclic) bond motifs is 1. The van der Waals surface area contributed by atoms with Crippen molar-refractivity contribution in [1.82, 2.24) is 4.98 Å². The van der Waals surface area contributed by atoms with E-state index in [1.165, 1.54) is 0 Å². The third-order valence-corrected chi connectivity index (χ3v) is 4.04. The van der Waals surface area contributed by atoms with Gasteiger partial charge in [0.25, 0.3) is 5.91 Å². The van der Waals surface area contributed by atoms with Crippen molar-refractivity contribution >= 4 is 34.1 Å². The molecule has 0 bridgehead atoms. The van der Waals surface area contributed by atoms with Gasteiger partial charge in [-0.1, -0.05) is 17.7 Å². The maximum Gasteiger partial charge on any atom is 0.272 e. The molecule has 23 heavy (non-hydrogen) atoms. The zero-order valence-corrected chi connectivity index (χ0v) is 13.9. The molecule has 1 aromatic heterocycles. The van der Waals surface area contributed by atoms with E-state index in [0.29, 0.717) is 22.2 Å². The number of anilines is 1. The monoisotopic (exact) mass is 328 g/mol. The van der Waals surface area contributed by atoms with Crippen LogP contribution < -0.4 is 10.1 Å². The number of aromatic nitrogens is 1. The molecule has 0 saturated carbocycles. The highest BCUT2D eigenvalue weighted by molar-refractivity contribution is 6.32. The molecule has 0 spiro atoms. The lowest BCUT2D eigenvalue weighted by Gasteiger charge is -2.07. The minimum Gasteiger partial charge on any atom is -0.495 e. The maximum atomic E-state index is 12.4. The Labute approximate surface area is 139 Å². The van der Waals surface area contributed by atoms with Crippen molar-refractivity contribution in [3.63, 3.8) is 0 Å². The first-order valence-corrected chi connectivity index (χ1v) is 7.60. The van der Waals surface area contributed by atoms with Gasteiger partial charge < -0.3 is 15.0 Å². The molecule has 0 atom stereocenters. The smallest absolute Gasteiger partial charge is 0.272 e. The van der Waals surface area contributed by atoms with Crippen LogP contribution >= 0.6 is 11.6 Å². The number of aryl methyl sites for hydroxylation is 2. The standard InChI is InChI=1S/C18H17ClN2O2/c1-10-6-11(2)13-9-16(21-15(13)7-10)18(22)20-12-4-5-17(23-3)14(19)8-12/h4-9,21H,1-3H3,(H,20,22). The van der Waals surface area contributed by atoms with Crippen LogP contribution in [-0.2, 0) is 0 Å². The molecule has 2 aromatic carbocycles. The molecule has 2 N–H and O–H groups in total. The SMILES string of the molecule is COc1ccc(NC(=O)c2cc3c(C)cc(C)cc3[nH]2)cc1Cl. The van der Waals surface area contributed by atoms with Crippen molar-refractivity contribution in [1.29, 1.82) is 0 Å². The van der Waals surface area contributed by atoms with E-state index in [-0.39, 0.29) is 5.91 Å². The predicted octanol–water partition coefficient (Wildman–Crippen LogP) is 4.70. The van der Waals surface area contributed by atoms with E-state index in [4.69, 9.17) is 16.3 Å². The topological polar surface area (TPSA) is 54.1 Å². The minimum atomic E-state index is -0.209. The molecule has 0 aliphatic rings. The van der Waals surface area contributed by atoms with Crippen LogP contribution in [0.5, 0.6) is 5.75 Å². The first-order valence-electron chi connectivity index (χ1n) is 7.23. The van der Waals surface area contributed by atoms with Gasteiger partial charge in [0.05, 0.1) is 12.1 Å². The van der Waals surface area contributed by atoms with E-state index in [1.54, 1.807) is 25.3 Å². The molecule has 3 aromatic rings. The molecule has 3 rings (SSSR count). The lowest BCUT2D eigenvalue weighted by molar-refractivity contribution is 0.102. The molecular weight excluding hydrogens is 312 g/mol. The summed E-state index contributed by atoms with van der Waals surface area (Å²) in [5.41, 5.74) is 4.39. The Balaban J connectivity index is 1.89. The Bertz CT molecular complexity index is 899. The van der Waals surface area contributed by atoms with Crippen LogP contribution in [0, 0.1) is 13.8 Å². The summed E-state index contributed by atoms with van der Waals surface area (Å²) in [7, 11) is 1.55. The molecule has 0 saturated heterocycles. The van der Waals surface area contributed by atoms with Gasteiger partial charge in [-0.25, -0.2) is 0 Å². The fourth-order valence-electron chi connectivity index (χ4n) is 2.66. The molecule has 0 unspecified atom stereocenters. The predicted molar refractivity (Wildman–Crippen MR) is 93.7 cm³/mol. The number of carbonyl (C=O) groups is 1. The van der Waals surface area contributed by atoms with Crippen LogP contribution in [0.25, 0.3) is 10.9 Å². The highest BCUT2D eigenvalue weighted by Gasteiger charge is 2.12. The lowest BCUT2D eigenvalue weighted by Crippen LogP contribution is -2.12. The molecule has 0 aliphatic heterocycles. The number of hydrogen-bond acceptors (Lipinski definition) is 2. The fourth-order valence-corrected chi connectivity index (χ4v) is 2.92. The minimum absolute atomic E-state index is 0.209. The summed E-state index contributed by atoms with van der Waals surface area (Å²) in [6.45, 7) is 4.07. The highest BCUT2D eigenvalue weighted by Crippen LogP contribution is 2.28. The second-order valence-electron chi connectivity index (χ2n) is 5.53. The van der Waals surface area contributed by atoms with Crippen LogP contribution in [0.3, 0.4) is 0 Å². The van der Waals surface area contributed by atoms with Crippen LogP contribution in [0.4, 0.5) is 5.69 Å². The number of methoxy groups -OCH3 is 1. The third-order valence-electron chi connectivity index (χ3n) is 3.74. The summed E-state index contributed by atoms with van der Waals surface area (Å²) in [6, 6.07) is 11.1. The lowest BCUT2D eigenvalue weighted by atomic mass is 10.1. The van der Waals surface area contributed by atoms with E-state index in [1.807, 2.05) is 26.0 Å². The van der Waals surface area contributed by atoms with Gasteiger partial charge in [0, 0.05) is 16.6 Å². The summed E-state index contributed by atoms with van der Waals surface area (Å²) in [4.78, 5) is 15.6. The maximum absolute atomic E-state index is 12.4. The number of benzene rings is 2. The van der Waals surface area contributed by atoms with E-state index in [0.717, 1.165) is 22.0 Å². The Morgan fingerprint density at radius 3 is 2.65 bits per heavy atom. The Morgan fingerprint density at radius 2 is 1.96 bits per heavy atom.